The maximum absolute atomic E-state index is 3.83. The van der Waals surface area contributed by atoms with Crippen molar-refractivity contribution in [2.75, 3.05) is 0 Å². The third-order valence-electron chi connectivity index (χ3n) is 3.46. The first kappa shape index (κ1) is 15.7. The first-order valence-corrected chi connectivity index (χ1v) is 7.46. The summed E-state index contributed by atoms with van der Waals surface area (Å²) in [4.78, 5) is 0. The Morgan fingerprint density at radius 3 is 2.06 bits per heavy atom. The van der Waals surface area contributed by atoms with Crippen molar-refractivity contribution in [3.05, 3.63) is 12.7 Å². The van der Waals surface area contributed by atoms with Crippen molar-refractivity contribution in [2.24, 2.45) is 5.92 Å². The van der Waals surface area contributed by atoms with E-state index in [1.807, 2.05) is 0 Å². The number of hydrogen-bond acceptors (Lipinski definition) is 0. The Morgan fingerprint density at radius 2 is 1.44 bits per heavy atom. The van der Waals surface area contributed by atoms with Gasteiger partial charge in [0.1, 0.15) is 0 Å². The van der Waals surface area contributed by atoms with Gasteiger partial charge in [0.15, 0.2) is 0 Å². The molecule has 0 fully saturated rings. The predicted molar refractivity (Wildman–Crippen MR) is 75.8 cm³/mol. The zero-order valence-electron chi connectivity index (χ0n) is 11.6. The van der Waals surface area contributed by atoms with E-state index in [1.54, 1.807) is 0 Å². The van der Waals surface area contributed by atoms with E-state index in [1.165, 1.54) is 70.6 Å². The van der Waals surface area contributed by atoms with E-state index in [-0.39, 0.29) is 0 Å². The molecule has 0 aromatic rings. The lowest BCUT2D eigenvalue weighted by atomic mass is 9.91. The van der Waals surface area contributed by atoms with E-state index in [9.17, 15) is 0 Å². The highest BCUT2D eigenvalue weighted by molar-refractivity contribution is 4.70. The molecule has 0 saturated carbocycles. The highest BCUT2D eigenvalue weighted by Gasteiger charge is 2.06. The van der Waals surface area contributed by atoms with Crippen molar-refractivity contribution >= 4 is 0 Å². The summed E-state index contributed by atoms with van der Waals surface area (Å²) in [7, 11) is 0. The van der Waals surface area contributed by atoms with E-state index in [0.29, 0.717) is 0 Å². The lowest BCUT2D eigenvalue weighted by Gasteiger charge is -2.15. The average molecular weight is 224 g/mol. The molecule has 0 aromatic carbocycles. The van der Waals surface area contributed by atoms with Gasteiger partial charge >= 0.3 is 0 Å². The number of unbranched alkanes of at least 4 members (excludes halogenated alkanes) is 5. The second-order valence-electron chi connectivity index (χ2n) is 5.08. The summed E-state index contributed by atoms with van der Waals surface area (Å²) < 4.78 is 0. The molecule has 1 unspecified atom stereocenters. The van der Waals surface area contributed by atoms with Gasteiger partial charge < -0.3 is 0 Å². The number of allylic oxidation sites excluding steroid dienone is 1. The maximum Gasteiger partial charge on any atom is -0.0351 e. The van der Waals surface area contributed by atoms with Crippen molar-refractivity contribution in [3.8, 4) is 0 Å². The first-order chi connectivity index (χ1) is 7.85. The van der Waals surface area contributed by atoms with E-state index in [4.69, 9.17) is 0 Å². The molecule has 0 radical (unpaired) electrons. The molecule has 0 nitrogen and oxygen atoms in total. The summed E-state index contributed by atoms with van der Waals surface area (Å²) in [6, 6.07) is 0. The third kappa shape index (κ3) is 10.3. The number of hydrogen-bond donors (Lipinski definition) is 0. The minimum atomic E-state index is 0.972. The normalized spacial score (nSPS) is 12.6. The van der Waals surface area contributed by atoms with Crippen LogP contribution in [0.5, 0.6) is 0 Å². The molecule has 0 bridgehead atoms. The minimum absolute atomic E-state index is 0.972. The SMILES string of the molecule is C=CCCC(CCCC)CCCCCCC. The van der Waals surface area contributed by atoms with Gasteiger partial charge in [-0.3, -0.25) is 0 Å². The molecule has 16 heavy (non-hydrogen) atoms. The molecule has 0 heterocycles. The Balaban J connectivity index is 3.51. The summed E-state index contributed by atoms with van der Waals surface area (Å²) in [6.45, 7) is 8.42. The molecule has 0 aliphatic rings. The van der Waals surface area contributed by atoms with Crippen molar-refractivity contribution in [1.82, 2.24) is 0 Å². The molecule has 0 rings (SSSR count). The van der Waals surface area contributed by atoms with Gasteiger partial charge in [-0.1, -0.05) is 77.7 Å². The van der Waals surface area contributed by atoms with Crippen LogP contribution in [0.2, 0.25) is 0 Å². The molecular weight excluding hydrogens is 192 g/mol. The van der Waals surface area contributed by atoms with Crippen LogP contribution < -0.4 is 0 Å². The van der Waals surface area contributed by atoms with Gasteiger partial charge in [-0.25, -0.2) is 0 Å². The lowest BCUT2D eigenvalue weighted by molar-refractivity contribution is 0.389. The zero-order valence-corrected chi connectivity index (χ0v) is 11.6. The molecule has 0 N–H and O–H groups in total. The van der Waals surface area contributed by atoms with E-state index in [2.05, 4.69) is 26.5 Å². The Morgan fingerprint density at radius 1 is 0.812 bits per heavy atom. The van der Waals surface area contributed by atoms with E-state index >= 15 is 0 Å². The van der Waals surface area contributed by atoms with Crippen molar-refractivity contribution in [1.29, 1.82) is 0 Å². The highest BCUT2D eigenvalue weighted by atomic mass is 14.1. The van der Waals surface area contributed by atoms with Gasteiger partial charge in [0.25, 0.3) is 0 Å². The van der Waals surface area contributed by atoms with Gasteiger partial charge in [0.2, 0.25) is 0 Å². The second-order valence-corrected chi connectivity index (χ2v) is 5.08. The van der Waals surface area contributed by atoms with Gasteiger partial charge in [-0.2, -0.15) is 0 Å². The Kier molecular flexibility index (Phi) is 12.6. The second kappa shape index (κ2) is 12.8. The molecule has 0 aliphatic carbocycles. The summed E-state index contributed by atoms with van der Waals surface area (Å²) in [5.41, 5.74) is 0. The molecule has 0 amide bonds. The summed E-state index contributed by atoms with van der Waals surface area (Å²) in [6.07, 6.45) is 17.4. The fourth-order valence-corrected chi connectivity index (χ4v) is 2.32. The van der Waals surface area contributed by atoms with Crippen LogP contribution >= 0.6 is 0 Å². The largest absolute Gasteiger partial charge is 0.103 e. The van der Waals surface area contributed by atoms with Crippen molar-refractivity contribution in [2.45, 2.75) is 84.5 Å². The number of rotatable bonds is 12. The van der Waals surface area contributed by atoms with Crippen LogP contribution in [-0.4, -0.2) is 0 Å². The Labute approximate surface area is 104 Å². The van der Waals surface area contributed by atoms with E-state index in [0.717, 1.165) is 5.92 Å². The maximum atomic E-state index is 3.83. The van der Waals surface area contributed by atoms with Crippen LogP contribution in [0, 0.1) is 5.92 Å². The van der Waals surface area contributed by atoms with Gasteiger partial charge in [-0.15, -0.1) is 6.58 Å². The Bertz CT molecular complexity index is 137. The first-order valence-electron chi connectivity index (χ1n) is 7.46. The average Bonchev–Trinajstić information content (AvgIpc) is 2.31. The molecule has 96 valence electrons. The monoisotopic (exact) mass is 224 g/mol. The quantitative estimate of drug-likeness (QED) is 0.277. The van der Waals surface area contributed by atoms with Gasteiger partial charge in [0.05, 0.1) is 0 Å². The molecule has 0 aromatic heterocycles. The minimum Gasteiger partial charge on any atom is -0.103 e. The molecule has 1 atom stereocenters. The van der Waals surface area contributed by atoms with Gasteiger partial charge in [-0.05, 0) is 18.8 Å². The Hall–Kier alpha value is -0.260. The predicted octanol–water partition coefficient (Wildman–Crippen LogP) is 6.12. The smallest absolute Gasteiger partial charge is 0.0351 e. The van der Waals surface area contributed by atoms with E-state index < -0.39 is 0 Å². The fourth-order valence-electron chi connectivity index (χ4n) is 2.32. The molecule has 0 aliphatic heterocycles. The zero-order chi connectivity index (χ0) is 12.1. The molecular formula is C16H32. The van der Waals surface area contributed by atoms with Crippen LogP contribution in [0.3, 0.4) is 0 Å². The third-order valence-corrected chi connectivity index (χ3v) is 3.46. The summed E-state index contributed by atoms with van der Waals surface area (Å²) >= 11 is 0. The molecule has 0 spiro atoms. The van der Waals surface area contributed by atoms with Crippen molar-refractivity contribution in [3.63, 3.8) is 0 Å². The summed E-state index contributed by atoms with van der Waals surface area (Å²) in [5.74, 6) is 0.972. The fraction of sp³-hybridized carbons (Fsp3) is 0.875. The molecule has 0 heteroatoms. The van der Waals surface area contributed by atoms with Crippen LogP contribution in [0.4, 0.5) is 0 Å². The van der Waals surface area contributed by atoms with Crippen LogP contribution in [-0.2, 0) is 0 Å². The standard InChI is InChI=1S/C16H32/c1-4-7-10-11-12-15-16(13-8-5-2)14-9-6-3/h5,16H,2,4,6-15H2,1,3H3. The van der Waals surface area contributed by atoms with Gasteiger partial charge in [0, 0.05) is 0 Å². The van der Waals surface area contributed by atoms with Crippen LogP contribution in [0.1, 0.15) is 84.5 Å². The topological polar surface area (TPSA) is 0 Å². The lowest BCUT2D eigenvalue weighted by Crippen LogP contribution is -2.00. The van der Waals surface area contributed by atoms with Crippen LogP contribution in [0.25, 0.3) is 0 Å². The van der Waals surface area contributed by atoms with Crippen molar-refractivity contribution < 1.29 is 0 Å². The highest BCUT2D eigenvalue weighted by Crippen LogP contribution is 2.22. The molecule has 0 saturated heterocycles. The van der Waals surface area contributed by atoms with Crippen LogP contribution in [0.15, 0.2) is 12.7 Å². The summed E-state index contributed by atoms with van der Waals surface area (Å²) in [5, 5.41) is 0.